The smallest absolute Gasteiger partial charge is 0.272 e. The summed E-state index contributed by atoms with van der Waals surface area (Å²) >= 11 is 0. The highest BCUT2D eigenvalue weighted by Crippen LogP contribution is 2.08. The number of rotatable bonds is 5. The van der Waals surface area contributed by atoms with Gasteiger partial charge in [0.2, 0.25) is 0 Å². The van der Waals surface area contributed by atoms with E-state index >= 15 is 0 Å². The molecule has 120 valence electrons. The van der Waals surface area contributed by atoms with Gasteiger partial charge >= 0.3 is 0 Å². The number of nitrogens with zero attached hydrogens (tertiary/aromatic N) is 2. The number of nitrogens with one attached hydrogen (secondary N) is 3. The van der Waals surface area contributed by atoms with Gasteiger partial charge in [-0.15, -0.1) is 0 Å². The minimum Gasteiger partial charge on any atom is -0.347 e. The van der Waals surface area contributed by atoms with Crippen molar-refractivity contribution in [3.63, 3.8) is 0 Å². The fourth-order valence-corrected chi connectivity index (χ4v) is 2.06. The van der Waals surface area contributed by atoms with E-state index in [0.717, 1.165) is 5.56 Å². The van der Waals surface area contributed by atoms with Gasteiger partial charge in [0.1, 0.15) is 5.82 Å². The van der Waals surface area contributed by atoms with E-state index in [4.69, 9.17) is 0 Å². The molecule has 0 aliphatic heterocycles. The van der Waals surface area contributed by atoms with Crippen LogP contribution in [0.25, 0.3) is 0 Å². The first-order chi connectivity index (χ1) is 11.7. The van der Waals surface area contributed by atoms with Gasteiger partial charge < -0.3 is 10.6 Å². The van der Waals surface area contributed by atoms with Gasteiger partial charge in [0.05, 0.1) is 0 Å². The molecule has 3 rings (SSSR count). The van der Waals surface area contributed by atoms with Crippen molar-refractivity contribution in [2.45, 2.75) is 6.54 Å². The van der Waals surface area contributed by atoms with E-state index in [1.54, 1.807) is 42.7 Å². The summed E-state index contributed by atoms with van der Waals surface area (Å²) in [5.41, 5.74) is 1.61. The molecular formula is C17H15N5O2. The monoisotopic (exact) mass is 321 g/mol. The summed E-state index contributed by atoms with van der Waals surface area (Å²) in [5, 5.41) is 11.9. The quantitative estimate of drug-likeness (QED) is 0.669. The number of carbonyl (C=O) groups is 2. The number of benzene rings is 1. The van der Waals surface area contributed by atoms with E-state index in [1.165, 1.54) is 6.07 Å². The second-order valence-electron chi connectivity index (χ2n) is 5.03. The second kappa shape index (κ2) is 7.19. The second-order valence-corrected chi connectivity index (χ2v) is 5.03. The Labute approximate surface area is 138 Å². The zero-order valence-electron chi connectivity index (χ0n) is 12.7. The Morgan fingerprint density at radius 2 is 1.88 bits per heavy atom. The van der Waals surface area contributed by atoms with Crippen molar-refractivity contribution in [1.82, 2.24) is 20.5 Å². The standard InChI is InChI=1S/C17H15N5O2/c23-16(13-6-2-1-3-7-13)20-15-9-14(21-22-15)17(24)19-11-12-5-4-8-18-10-12/h1-10H,11H2,(H,19,24)(H2,20,21,22,23). The molecule has 0 saturated carbocycles. The van der Waals surface area contributed by atoms with Gasteiger partial charge in [-0.3, -0.25) is 19.7 Å². The number of hydrogen-bond donors (Lipinski definition) is 3. The first-order valence-electron chi connectivity index (χ1n) is 7.31. The zero-order chi connectivity index (χ0) is 16.8. The molecular weight excluding hydrogens is 306 g/mol. The fraction of sp³-hybridized carbons (Fsp3) is 0.0588. The SMILES string of the molecule is O=C(Nc1cc(C(=O)NCc2cccnc2)n[nH]1)c1ccccc1. The minimum absolute atomic E-state index is 0.197. The number of aromatic nitrogens is 3. The van der Waals surface area contributed by atoms with Crippen molar-refractivity contribution in [3.05, 3.63) is 77.7 Å². The maximum atomic E-state index is 12.1. The number of amides is 2. The molecule has 0 unspecified atom stereocenters. The largest absolute Gasteiger partial charge is 0.347 e. The van der Waals surface area contributed by atoms with Crippen LogP contribution in [0.2, 0.25) is 0 Å². The summed E-state index contributed by atoms with van der Waals surface area (Å²) in [6.45, 7) is 0.352. The van der Waals surface area contributed by atoms with Gasteiger partial charge in [0.15, 0.2) is 5.69 Å². The minimum atomic E-state index is -0.338. The van der Waals surface area contributed by atoms with E-state index in [9.17, 15) is 9.59 Å². The summed E-state index contributed by atoms with van der Waals surface area (Å²) in [6.07, 6.45) is 3.34. The lowest BCUT2D eigenvalue weighted by Crippen LogP contribution is -2.23. The molecule has 0 bridgehead atoms. The number of anilines is 1. The number of carbonyl (C=O) groups excluding carboxylic acids is 2. The summed E-state index contributed by atoms with van der Waals surface area (Å²) in [5.74, 6) is -0.257. The number of hydrogen-bond acceptors (Lipinski definition) is 4. The summed E-state index contributed by atoms with van der Waals surface area (Å²) in [4.78, 5) is 28.1. The van der Waals surface area contributed by atoms with Crippen LogP contribution in [0, 0.1) is 0 Å². The predicted octanol–water partition coefficient (Wildman–Crippen LogP) is 1.99. The molecule has 2 heterocycles. The molecule has 0 radical (unpaired) electrons. The van der Waals surface area contributed by atoms with E-state index in [2.05, 4.69) is 25.8 Å². The average molecular weight is 321 g/mol. The Balaban J connectivity index is 1.58. The Morgan fingerprint density at radius 1 is 1.04 bits per heavy atom. The van der Waals surface area contributed by atoms with Crippen molar-refractivity contribution in [2.75, 3.05) is 5.32 Å². The molecule has 0 saturated heterocycles. The lowest BCUT2D eigenvalue weighted by atomic mass is 10.2. The van der Waals surface area contributed by atoms with Gasteiger partial charge in [-0.2, -0.15) is 5.10 Å². The van der Waals surface area contributed by atoms with Crippen molar-refractivity contribution in [2.24, 2.45) is 0 Å². The van der Waals surface area contributed by atoms with Gasteiger partial charge in [-0.05, 0) is 23.8 Å². The lowest BCUT2D eigenvalue weighted by molar-refractivity contribution is 0.0945. The normalized spacial score (nSPS) is 10.2. The third kappa shape index (κ3) is 3.83. The molecule has 1 aromatic carbocycles. The van der Waals surface area contributed by atoms with Crippen LogP contribution in [0.3, 0.4) is 0 Å². The first-order valence-corrected chi connectivity index (χ1v) is 7.31. The number of aromatic amines is 1. The van der Waals surface area contributed by atoms with Crippen LogP contribution < -0.4 is 10.6 Å². The van der Waals surface area contributed by atoms with Crippen LogP contribution in [-0.2, 0) is 6.54 Å². The van der Waals surface area contributed by atoms with Gasteiger partial charge in [-0.1, -0.05) is 24.3 Å². The van der Waals surface area contributed by atoms with Gasteiger partial charge in [-0.25, -0.2) is 0 Å². The number of pyridine rings is 1. The van der Waals surface area contributed by atoms with E-state index < -0.39 is 0 Å². The molecule has 0 aliphatic rings. The highest BCUT2D eigenvalue weighted by Gasteiger charge is 2.12. The number of H-pyrrole nitrogens is 1. The molecule has 0 aliphatic carbocycles. The molecule has 2 aromatic heterocycles. The van der Waals surface area contributed by atoms with Crippen LogP contribution in [-0.4, -0.2) is 27.0 Å². The zero-order valence-corrected chi connectivity index (χ0v) is 12.7. The highest BCUT2D eigenvalue weighted by molar-refractivity contribution is 6.04. The van der Waals surface area contributed by atoms with Crippen molar-refractivity contribution < 1.29 is 9.59 Å². The van der Waals surface area contributed by atoms with Crippen molar-refractivity contribution in [3.8, 4) is 0 Å². The van der Waals surface area contributed by atoms with Crippen molar-refractivity contribution >= 4 is 17.6 Å². The van der Waals surface area contributed by atoms with E-state index in [0.29, 0.717) is 17.9 Å². The molecule has 7 heteroatoms. The Morgan fingerprint density at radius 3 is 2.62 bits per heavy atom. The van der Waals surface area contributed by atoms with E-state index in [-0.39, 0.29) is 17.5 Å². The Kier molecular flexibility index (Phi) is 4.62. The molecule has 7 nitrogen and oxygen atoms in total. The summed E-state index contributed by atoms with van der Waals surface area (Å²) < 4.78 is 0. The summed E-state index contributed by atoms with van der Waals surface area (Å²) in [7, 11) is 0. The van der Waals surface area contributed by atoms with Crippen LogP contribution in [0.15, 0.2) is 60.9 Å². The molecule has 24 heavy (non-hydrogen) atoms. The fourth-order valence-electron chi connectivity index (χ4n) is 2.06. The highest BCUT2D eigenvalue weighted by atomic mass is 16.2. The van der Waals surface area contributed by atoms with Crippen molar-refractivity contribution in [1.29, 1.82) is 0 Å². The molecule has 0 fully saturated rings. The third-order valence-electron chi connectivity index (χ3n) is 3.27. The average Bonchev–Trinajstić information content (AvgIpc) is 3.10. The third-order valence-corrected chi connectivity index (χ3v) is 3.27. The molecule has 3 N–H and O–H groups in total. The maximum absolute atomic E-state index is 12.1. The molecule has 2 amide bonds. The molecule has 0 atom stereocenters. The van der Waals surface area contributed by atoms with Crippen LogP contribution >= 0.6 is 0 Å². The topological polar surface area (TPSA) is 99.8 Å². The molecule has 3 aromatic rings. The maximum Gasteiger partial charge on any atom is 0.272 e. The van der Waals surface area contributed by atoms with Crippen LogP contribution in [0.4, 0.5) is 5.82 Å². The lowest BCUT2D eigenvalue weighted by Gasteiger charge is -2.02. The van der Waals surface area contributed by atoms with Crippen LogP contribution in [0.5, 0.6) is 0 Å². The summed E-state index contributed by atoms with van der Waals surface area (Å²) in [6, 6.07) is 13.9. The Hall–Kier alpha value is -3.48. The Bertz CT molecular complexity index is 830. The van der Waals surface area contributed by atoms with E-state index in [1.807, 2.05) is 12.1 Å². The molecule has 0 spiro atoms. The van der Waals surface area contributed by atoms with Gasteiger partial charge in [0.25, 0.3) is 11.8 Å². The van der Waals surface area contributed by atoms with Gasteiger partial charge in [0, 0.05) is 30.6 Å². The van der Waals surface area contributed by atoms with Crippen LogP contribution in [0.1, 0.15) is 26.4 Å². The predicted molar refractivity (Wildman–Crippen MR) is 88.4 cm³/mol. The first kappa shape index (κ1) is 15.4.